The van der Waals surface area contributed by atoms with Crippen molar-refractivity contribution in [2.75, 3.05) is 19.7 Å². The summed E-state index contributed by atoms with van der Waals surface area (Å²) in [5.74, 6) is 1.56. The van der Waals surface area contributed by atoms with Gasteiger partial charge in [-0.05, 0) is 29.7 Å². The Labute approximate surface area is 151 Å². The van der Waals surface area contributed by atoms with E-state index in [9.17, 15) is 4.79 Å². The molecule has 0 amide bonds. The Balaban J connectivity index is 1.35. The largest absolute Gasteiger partial charge is 0.506 e. The van der Waals surface area contributed by atoms with Crippen molar-refractivity contribution in [1.29, 1.82) is 0 Å². The third kappa shape index (κ3) is 3.75. The number of benzene rings is 2. The average molecular weight is 355 g/mol. The fourth-order valence-electron chi connectivity index (χ4n) is 3.46. The van der Waals surface area contributed by atoms with E-state index in [1.165, 1.54) is 5.56 Å². The van der Waals surface area contributed by atoms with E-state index in [2.05, 4.69) is 29.2 Å². The van der Waals surface area contributed by atoms with Gasteiger partial charge >= 0.3 is 6.16 Å². The minimum atomic E-state index is -1.20. The summed E-state index contributed by atoms with van der Waals surface area (Å²) < 4.78 is 16.7. The van der Waals surface area contributed by atoms with Crippen LogP contribution in [0.3, 0.4) is 0 Å². The maximum Gasteiger partial charge on any atom is 0.506 e. The van der Waals surface area contributed by atoms with Crippen molar-refractivity contribution in [2.24, 2.45) is 0 Å². The molecule has 2 aromatic carbocycles. The number of fused-ring (bicyclic) bond motifs is 1. The first-order chi connectivity index (χ1) is 12.7. The quantitative estimate of drug-likeness (QED) is 0.847. The molecule has 6 nitrogen and oxygen atoms in total. The van der Waals surface area contributed by atoms with Crippen molar-refractivity contribution in [3.8, 4) is 11.5 Å². The van der Waals surface area contributed by atoms with Crippen LogP contribution in [0.2, 0.25) is 0 Å². The Bertz CT molecular complexity index is 776. The van der Waals surface area contributed by atoms with E-state index in [1.54, 1.807) is 0 Å². The molecule has 0 radical (unpaired) electrons. The van der Waals surface area contributed by atoms with Crippen LogP contribution >= 0.6 is 0 Å². The zero-order chi connectivity index (χ0) is 17.9. The molecule has 0 spiro atoms. The molecule has 1 saturated heterocycles. The second-order valence-electron chi connectivity index (χ2n) is 6.64. The van der Waals surface area contributed by atoms with Gasteiger partial charge < -0.3 is 19.3 Å². The lowest BCUT2D eigenvalue weighted by Crippen LogP contribution is -2.24. The molecule has 2 atom stereocenters. The highest BCUT2D eigenvalue weighted by atomic mass is 16.7. The third-order valence-corrected chi connectivity index (χ3v) is 4.76. The van der Waals surface area contributed by atoms with Gasteiger partial charge in [0, 0.05) is 19.6 Å². The van der Waals surface area contributed by atoms with Gasteiger partial charge in [0.1, 0.15) is 12.7 Å². The molecule has 2 aromatic rings. The number of carbonyl (C=O) groups is 1. The van der Waals surface area contributed by atoms with Crippen molar-refractivity contribution < 1.29 is 24.1 Å². The molecule has 4 rings (SSSR count). The topological polar surface area (TPSA) is 68.2 Å². The Hall–Kier alpha value is -2.73. The number of hydrogen-bond acceptors (Lipinski definition) is 5. The zero-order valence-corrected chi connectivity index (χ0v) is 14.3. The third-order valence-electron chi connectivity index (χ3n) is 4.76. The van der Waals surface area contributed by atoms with Gasteiger partial charge in [-0.25, -0.2) is 4.79 Å². The van der Waals surface area contributed by atoms with Crippen molar-refractivity contribution in [3.05, 3.63) is 59.7 Å². The standard InChI is InChI=1S/C20H21NO5/c22-20(23)25-16-9-10-21(12-16)11-14-5-7-15(8-6-14)19-13-24-17-3-1-2-4-18(17)26-19/h1-8,16,19H,9-13H2,(H,22,23)/t16?,19-/m1/s1. The number of ether oxygens (including phenoxy) is 3. The van der Waals surface area contributed by atoms with Crippen molar-refractivity contribution >= 4 is 6.16 Å². The van der Waals surface area contributed by atoms with Crippen LogP contribution in [0.4, 0.5) is 4.79 Å². The molecule has 26 heavy (non-hydrogen) atoms. The highest BCUT2D eigenvalue weighted by Gasteiger charge is 2.26. The molecular weight excluding hydrogens is 334 g/mol. The first-order valence-electron chi connectivity index (χ1n) is 8.76. The first-order valence-corrected chi connectivity index (χ1v) is 8.76. The van der Waals surface area contributed by atoms with E-state index in [0.717, 1.165) is 36.6 Å². The molecule has 0 aromatic heterocycles. The Morgan fingerprint density at radius 2 is 1.92 bits per heavy atom. The molecule has 0 saturated carbocycles. The molecule has 2 heterocycles. The fourth-order valence-corrected chi connectivity index (χ4v) is 3.46. The van der Waals surface area contributed by atoms with Crippen molar-refractivity contribution in [1.82, 2.24) is 4.90 Å². The normalized spacial score (nSPS) is 22.2. The van der Waals surface area contributed by atoms with E-state index in [-0.39, 0.29) is 12.2 Å². The maximum absolute atomic E-state index is 10.6. The van der Waals surface area contributed by atoms with Gasteiger partial charge in [-0.3, -0.25) is 4.90 Å². The highest BCUT2D eigenvalue weighted by molar-refractivity contribution is 5.57. The lowest BCUT2D eigenvalue weighted by Gasteiger charge is -2.27. The van der Waals surface area contributed by atoms with Gasteiger partial charge in [0.05, 0.1) is 0 Å². The molecule has 136 valence electrons. The van der Waals surface area contributed by atoms with Gasteiger partial charge in [-0.1, -0.05) is 36.4 Å². The molecule has 2 aliphatic heterocycles. The van der Waals surface area contributed by atoms with Crippen LogP contribution in [0.25, 0.3) is 0 Å². The number of rotatable bonds is 4. The Morgan fingerprint density at radius 1 is 1.15 bits per heavy atom. The van der Waals surface area contributed by atoms with Gasteiger partial charge in [-0.2, -0.15) is 0 Å². The maximum atomic E-state index is 10.6. The van der Waals surface area contributed by atoms with E-state index in [4.69, 9.17) is 19.3 Å². The van der Waals surface area contributed by atoms with E-state index < -0.39 is 6.16 Å². The van der Waals surface area contributed by atoms with Crippen molar-refractivity contribution in [2.45, 2.75) is 25.2 Å². The monoisotopic (exact) mass is 355 g/mol. The van der Waals surface area contributed by atoms with Crippen LogP contribution in [0.5, 0.6) is 11.5 Å². The number of hydrogen-bond donors (Lipinski definition) is 1. The predicted octanol–water partition coefficient (Wildman–Crippen LogP) is 3.47. The van der Waals surface area contributed by atoms with Crippen LogP contribution in [0, 0.1) is 0 Å². The van der Waals surface area contributed by atoms with Crippen molar-refractivity contribution in [3.63, 3.8) is 0 Å². The first kappa shape index (κ1) is 16.7. The van der Waals surface area contributed by atoms with Gasteiger partial charge in [-0.15, -0.1) is 0 Å². The van der Waals surface area contributed by atoms with Gasteiger partial charge in [0.25, 0.3) is 0 Å². The number of nitrogens with zero attached hydrogens (tertiary/aromatic N) is 1. The second-order valence-corrected chi connectivity index (χ2v) is 6.64. The minimum absolute atomic E-state index is 0.112. The fraction of sp³-hybridized carbons (Fsp3) is 0.350. The summed E-state index contributed by atoms with van der Waals surface area (Å²) >= 11 is 0. The summed E-state index contributed by atoms with van der Waals surface area (Å²) in [6.07, 6.45) is -0.784. The number of likely N-dealkylation sites (tertiary alicyclic amines) is 1. The van der Waals surface area contributed by atoms with E-state index >= 15 is 0 Å². The molecule has 0 aliphatic carbocycles. The summed E-state index contributed by atoms with van der Waals surface area (Å²) in [6.45, 7) is 2.77. The highest BCUT2D eigenvalue weighted by Crippen LogP contribution is 2.35. The Kier molecular flexibility index (Phi) is 4.67. The number of carboxylic acid groups (broad SMARTS) is 1. The molecule has 0 bridgehead atoms. The summed E-state index contributed by atoms with van der Waals surface area (Å²) in [7, 11) is 0. The van der Waals surface area contributed by atoms with E-state index in [0.29, 0.717) is 13.2 Å². The number of para-hydroxylation sites is 2. The molecule has 1 fully saturated rings. The SMILES string of the molecule is O=C(O)OC1CCN(Cc2ccc([C@H]3COc4ccccc4O3)cc2)C1. The summed E-state index contributed by atoms with van der Waals surface area (Å²) in [5.41, 5.74) is 2.26. The van der Waals surface area contributed by atoms with Crippen LogP contribution in [-0.4, -0.2) is 42.0 Å². The van der Waals surface area contributed by atoms with E-state index in [1.807, 2.05) is 24.3 Å². The molecule has 1 unspecified atom stereocenters. The molecule has 1 N–H and O–H groups in total. The van der Waals surface area contributed by atoms with Gasteiger partial charge in [0.2, 0.25) is 0 Å². The summed E-state index contributed by atoms with van der Waals surface area (Å²) in [5, 5.41) is 8.70. The molecular formula is C20H21NO5. The average Bonchev–Trinajstić information content (AvgIpc) is 3.08. The lowest BCUT2D eigenvalue weighted by atomic mass is 10.1. The Morgan fingerprint density at radius 3 is 2.69 bits per heavy atom. The van der Waals surface area contributed by atoms with Crippen LogP contribution in [-0.2, 0) is 11.3 Å². The minimum Gasteiger partial charge on any atom is -0.485 e. The summed E-state index contributed by atoms with van der Waals surface area (Å²) in [6, 6.07) is 16.0. The molecule has 6 heteroatoms. The van der Waals surface area contributed by atoms with Crippen LogP contribution < -0.4 is 9.47 Å². The van der Waals surface area contributed by atoms with Gasteiger partial charge in [0.15, 0.2) is 17.6 Å². The summed E-state index contributed by atoms with van der Waals surface area (Å²) in [4.78, 5) is 12.8. The van der Waals surface area contributed by atoms with Crippen LogP contribution in [0.15, 0.2) is 48.5 Å². The van der Waals surface area contributed by atoms with Crippen LogP contribution in [0.1, 0.15) is 23.7 Å². The molecule has 2 aliphatic rings. The second kappa shape index (κ2) is 7.25. The smallest absolute Gasteiger partial charge is 0.485 e. The zero-order valence-electron chi connectivity index (χ0n) is 14.3. The lowest BCUT2D eigenvalue weighted by molar-refractivity contribution is 0.0548. The predicted molar refractivity (Wildman–Crippen MR) is 94.5 cm³/mol.